The van der Waals surface area contributed by atoms with Crippen LogP contribution in [0.4, 0.5) is 0 Å². The Balaban J connectivity index is 0.00000338. The number of aliphatic imine (C=N–C) groups is 1. The van der Waals surface area contributed by atoms with Crippen molar-refractivity contribution in [3.05, 3.63) is 59.9 Å². The number of nitrogens with zero attached hydrogens (tertiary/aromatic N) is 2. The highest BCUT2D eigenvalue weighted by atomic mass is 127. The predicted octanol–water partition coefficient (Wildman–Crippen LogP) is 3.52. The Kier molecular flexibility index (Phi) is 9.40. The van der Waals surface area contributed by atoms with Crippen LogP contribution in [0.3, 0.4) is 0 Å². The second-order valence-electron chi connectivity index (χ2n) is 6.89. The van der Waals surface area contributed by atoms with Gasteiger partial charge in [0.1, 0.15) is 12.4 Å². The van der Waals surface area contributed by atoms with Gasteiger partial charge in [-0.3, -0.25) is 9.98 Å². The fourth-order valence-corrected chi connectivity index (χ4v) is 2.29. The molecule has 3 N–H and O–H groups in total. The SMILES string of the molecule is CC(C)(C)c1ccc(OCCNC(N)=NCCc2ccccn2)cc1.I. The van der Waals surface area contributed by atoms with Gasteiger partial charge in [0.05, 0.1) is 6.54 Å². The summed E-state index contributed by atoms with van der Waals surface area (Å²) in [5, 5.41) is 3.06. The van der Waals surface area contributed by atoms with Gasteiger partial charge in [-0.1, -0.05) is 39.0 Å². The molecule has 1 heterocycles. The number of hydrogen-bond acceptors (Lipinski definition) is 3. The zero-order valence-corrected chi connectivity index (χ0v) is 18.1. The molecule has 2 rings (SSSR count). The van der Waals surface area contributed by atoms with Crippen LogP contribution in [-0.2, 0) is 11.8 Å². The zero-order valence-electron chi connectivity index (χ0n) is 15.7. The number of guanidine groups is 1. The van der Waals surface area contributed by atoms with E-state index in [9.17, 15) is 0 Å². The van der Waals surface area contributed by atoms with Crippen molar-refractivity contribution >= 4 is 29.9 Å². The molecule has 6 heteroatoms. The number of rotatable bonds is 7. The summed E-state index contributed by atoms with van der Waals surface area (Å²) in [5.74, 6) is 1.29. The molecule has 26 heavy (non-hydrogen) atoms. The first kappa shape index (κ1) is 22.2. The van der Waals surface area contributed by atoms with Crippen LogP contribution in [0.25, 0.3) is 0 Å². The van der Waals surface area contributed by atoms with E-state index in [0.29, 0.717) is 25.7 Å². The number of ether oxygens (including phenoxy) is 1. The number of aromatic nitrogens is 1. The largest absolute Gasteiger partial charge is 0.492 e. The molecule has 0 unspecified atom stereocenters. The zero-order chi connectivity index (χ0) is 18.1. The minimum Gasteiger partial charge on any atom is -0.492 e. The summed E-state index contributed by atoms with van der Waals surface area (Å²) in [6.45, 7) is 8.35. The maximum Gasteiger partial charge on any atom is 0.188 e. The summed E-state index contributed by atoms with van der Waals surface area (Å²) in [5.41, 5.74) is 8.31. The van der Waals surface area contributed by atoms with Gasteiger partial charge in [-0.2, -0.15) is 0 Å². The van der Waals surface area contributed by atoms with Crippen molar-refractivity contribution in [2.45, 2.75) is 32.6 Å². The topological polar surface area (TPSA) is 72.5 Å². The van der Waals surface area contributed by atoms with Crippen molar-refractivity contribution in [2.75, 3.05) is 19.7 Å². The van der Waals surface area contributed by atoms with Crippen LogP contribution < -0.4 is 15.8 Å². The van der Waals surface area contributed by atoms with Crippen LogP contribution in [0.5, 0.6) is 5.75 Å². The van der Waals surface area contributed by atoms with Crippen molar-refractivity contribution in [3.8, 4) is 5.75 Å². The predicted molar refractivity (Wildman–Crippen MR) is 118 cm³/mol. The molecule has 0 saturated heterocycles. The Hall–Kier alpha value is -1.83. The highest BCUT2D eigenvalue weighted by Gasteiger charge is 2.12. The van der Waals surface area contributed by atoms with Crippen LogP contribution in [0, 0.1) is 0 Å². The van der Waals surface area contributed by atoms with Gasteiger partial charge in [0, 0.05) is 24.9 Å². The lowest BCUT2D eigenvalue weighted by atomic mass is 9.87. The Morgan fingerprint density at radius 1 is 1.15 bits per heavy atom. The molecule has 0 aliphatic rings. The molecule has 0 aliphatic heterocycles. The first-order chi connectivity index (χ1) is 11.9. The average molecular weight is 468 g/mol. The molecular formula is C20H29IN4O. The van der Waals surface area contributed by atoms with Gasteiger partial charge in [-0.05, 0) is 35.2 Å². The summed E-state index contributed by atoms with van der Waals surface area (Å²) in [6, 6.07) is 14.1. The summed E-state index contributed by atoms with van der Waals surface area (Å²) in [6.07, 6.45) is 2.56. The van der Waals surface area contributed by atoms with Crippen molar-refractivity contribution in [2.24, 2.45) is 10.7 Å². The van der Waals surface area contributed by atoms with Gasteiger partial charge >= 0.3 is 0 Å². The van der Waals surface area contributed by atoms with Gasteiger partial charge in [0.2, 0.25) is 0 Å². The highest BCUT2D eigenvalue weighted by molar-refractivity contribution is 14.0. The lowest BCUT2D eigenvalue weighted by Crippen LogP contribution is -2.35. The Morgan fingerprint density at radius 3 is 2.50 bits per heavy atom. The first-order valence-electron chi connectivity index (χ1n) is 8.62. The molecule has 0 spiro atoms. The fraction of sp³-hybridized carbons (Fsp3) is 0.400. The van der Waals surface area contributed by atoms with Crippen molar-refractivity contribution in [1.29, 1.82) is 0 Å². The monoisotopic (exact) mass is 468 g/mol. The van der Waals surface area contributed by atoms with Gasteiger partial charge < -0.3 is 15.8 Å². The van der Waals surface area contributed by atoms with E-state index >= 15 is 0 Å². The van der Waals surface area contributed by atoms with Crippen LogP contribution in [-0.4, -0.2) is 30.6 Å². The highest BCUT2D eigenvalue weighted by Crippen LogP contribution is 2.24. The van der Waals surface area contributed by atoms with Crippen LogP contribution in [0.1, 0.15) is 32.0 Å². The molecule has 5 nitrogen and oxygen atoms in total. The molecule has 0 amide bonds. The van der Waals surface area contributed by atoms with E-state index in [1.807, 2.05) is 30.3 Å². The molecule has 0 saturated carbocycles. The fourth-order valence-electron chi connectivity index (χ4n) is 2.29. The van der Waals surface area contributed by atoms with Gasteiger partial charge in [0.25, 0.3) is 0 Å². The van der Waals surface area contributed by atoms with Crippen molar-refractivity contribution in [1.82, 2.24) is 10.3 Å². The Morgan fingerprint density at radius 2 is 1.88 bits per heavy atom. The normalized spacial score (nSPS) is 11.6. The molecule has 1 aromatic carbocycles. The van der Waals surface area contributed by atoms with Crippen LogP contribution in [0.15, 0.2) is 53.7 Å². The number of benzene rings is 1. The van der Waals surface area contributed by atoms with Crippen LogP contribution >= 0.6 is 24.0 Å². The molecule has 142 valence electrons. The maximum absolute atomic E-state index is 5.85. The summed E-state index contributed by atoms with van der Waals surface area (Å²) < 4.78 is 5.71. The lowest BCUT2D eigenvalue weighted by Gasteiger charge is -2.19. The molecule has 0 radical (unpaired) electrons. The Labute approximate surface area is 173 Å². The lowest BCUT2D eigenvalue weighted by molar-refractivity contribution is 0.322. The van der Waals surface area contributed by atoms with Crippen molar-refractivity contribution < 1.29 is 4.74 Å². The van der Waals surface area contributed by atoms with E-state index in [4.69, 9.17) is 10.5 Å². The van der Waals surface area contributed by atoms with E-state index in [2.05, 4.69) is 48.2 Å². The number of pyridine rings is 1. The maximum atomic E-state index is 5.85. The summed E-state index contributed by atoms with van der Waals surface area (Å²) in [4.78, 5) is 8.55. The standard InChI is InChI=1S/C20H28N4O.HI/c1-20(2,3)16-7-9-18(10-8-16)25-15-14-24-19(21)23-13-11-17-6-4-5-12-22-17;/h4-10,12H,11,13-15H2,1-3H3,(H3,21,23,24);1H. The third-order valence-corrected chi connectivity index (χ3v) is 3.77. The van der Waals surface area contributed by atoms with Crippen molar-refractivity contribution in [3.63, 3.8) is 0 Å². The minimum absolute atomic E-state index is 0. The first-order valence-corrected chi connectivity index (χ1v) is 8.62. The molecule has 0 bridgehead atoms. The van der Waals surface area contributed by atoms with Gasteiger partial charge in [0.15, 0.2) is 5.96 Å². The third kappa shape index (κ3) is 8.03. The molecule has 0 aliphatic carbocycles. The minimum atomic E-state index is 0. The number of halogens is 1. The van der Waals surface area contributed by atoms with E-state index in [-0.39, 0.29) is 29.4 Å². The van der Waals surface area contributed by atoms with Gasteiger partial charge in [-0.15, -0.1) is 24.0 Å². The van der Waals surface area contributed by atoms with Gasteiger partial charge in [-0.25, -0.2) is 0 Å². The average Bonchev–Trinajstić information content (AvgIpc) is 2.59. The number of nitrogens with two attached hydrogens (primary N) is 1. The van der Waals surface area contributed by atoms with E-state index in [1.54, 1.807) is 6.20 Å². The Bertz CT molecular complexity index is 666. The quantitative estimate of drug-likeness (QED) is 0.282. The molecular weight excluding hydrogens is 439 g/mol. The molecule has 2 aromatic rings. The van der Waals surface area contributed by atoms with E-state index in [1.165, 1.54) is 5.56 Å². The number of nitrogens with one attached hydrogen (secondary N) is 1. The second kappa shape index (κ2) is 11.0. The third-order valence-electron chi connectivity index (χ3n) is 3.77. The second-order valence-corrected chi connectivity index (χ2v) is 6.89. The van der Waals surface area contributed by atoms with Crippen LogP contribution in [0.2, 0.25) is 0 Å². The summed E-state index contributed by atoms with van der Waals surface area (Å²) in [7, 11) is 0. The smallest absolute Gasteiger partial charge is 0.188 e. The van der Waals surface area contributed by atoms with E-state index < -0.39 is 0 Å². The van der Waals surface area contributed by atoms with E-state index in [0.717, 1.165) is 17.9 Å². The molecule has 0 atom stereocenters. The molecule has 0 fully saturated rings. The molecule has 1 aromatic heterocycles. The summed E-state index contributed by atoms with van der Waals surface area (Å²) >= 11 is 0. The number of hydrogen-bond donors (Lipinski definition) is 2.